The minimum atomic E-state index is -0.486. The lowest BCUT2D eigenvalue weighted by molar-refractivity contribution is 0.103. The molecule has 2 N–H and O–H groups in total. The van der Waals surface area contributed by atoms with Crippen molar-refractivity contribution in [2.75, 3.05) is 24.7 Å². The third-order valence-electron chi connectivity index (χ3n) is 3.44. The Kier molecular flexibility index (Phi) is 6.49. The lowest BCUT2D eigenvalue weighted by Gasteiger charge is -2.24. The average Bonchev–Trinajstić information content (AvgIpc) is 2.47. The van der Waals surface area contributed by atoms with Gasteiger partial charge in [-0.05, 0) is 55.0 Å². The average molecular weight is 316 g/mol. The molecule has 0 amide bonds. The van der Waals surface area contributed by atoms with E-state index in [4.69, 9.17) is 16.3 Å². The van der Waals surface area contributed by atoms with Gasteiger partial charge in [-0.3, -0.25) is 0 Å². The Balaban J connectivity index is 1.68. The molecule has 0 radical (unpaired) electrons. The van der Waals surface area contributed by atoms with Crippen molar-refractivity contribution >= 4 is 23.4 Å². The summed E-state index contributed by atoms with van der Waals surface area (Å²) in [6.07, 6.45) is 1.89. The van der Waals surface area contributed by atoms with Crippen molar-refractivity contribution in [2.45, 2.75) is 31.9 Å². The van der Waals surface area contributed by atoms with Gasteiger partial charge in [0.15, 0.2) is 0 Å². The highest BCUT2D eigenvalue weighted by atomic mass is 35.5. The van der Waals surface area contributed by atoms with E-state index in [9.17, 15) is 5.11 Å². The molecule has 1 heterocycles. The second kappa shape index (κ2) is 8.13. The standard InChI is InChI=1S/C15H22ClNO2S/c1-11-8-14(2-3-15(11)16)19-10-13(18)9-17-12-4-6-20-7-5-12/h2-3,8,12-13,17-18H,4-7,9-10H2,1H3. The number of thioether (sulfide) groups is 1. The maximum Gasteiger partial charge on any atom is 0.119 e. The summed E-state index contributed by atoms with van der Waals surface area (Å²) in [5.41, 5.74) is 0.983. The Morgan fingerprint density at radius 3 is 2.90 bits per heavy atom. The van der Waals surface area contributed by atoms with Crippen LogP contribution in [0.25, 0.3) is 0 Å². The molecule has 1 fully saturated rings. The summed E-state index contributed by atoms with van der Waals surface area (Å²) in [7, 11) is 0. The van der Waals surface area contributed by atoms with Gasteiger partial charge in [-0.15, -0.1) is 0 Å². The van der Waals surface area contributed by atoms with E-state index < -0.39 is 6.10 Å². The first kappa shape index (κ1) is 16.0. The molecule has 5 heteroatoms. The van der Waals surface area contributed by atoms with Crippen LogP contribution in [0.2, 0.25) is 5.02 Å². The first-order valence-electron chi connectivity index (χ1n) is 7.03. The summed E-state index contributed by atoms with van der Waals surface area (Å²) >= 11 is 7.97. The van der Waals surface area contributed by atoms with E-state index in [1.807, 2.05) is 36.9 Å². The highest BCUT2D eigenvalue weighted by Crippen LogP contribution is 2.21. The van der Waals surface area contributed by atoms with Crippen LogP contribution < -0.4 is 10.1 Å². The quantitative estimate of drug-likeness (QED) is 0.847. The van der Waals surface area contributed by atoms with Gasteiger partial charge in [0.25, 0.3) is 0 Å². The number of benzene rings is 1. The van der Waals surface area contributed by atoms with Gasteiger partial charge < -0.3 is 15.2 Å². The van der Waals surface area contributed by atoms with Gasteiger partial charge in [-0.2, -0.15) is 11.8 Å². The fourth-order valence-corrected chi connectivity index (χ4v) is 3.39. The summed E-state index contributed by atoms with van der Waals surface area (Å²) in [4.78, 5) is 0. The molecule has 1 unspecified atom stereocenters. The molecule has 1 aliphatic heterocycles. The molecule has 0 aliphatic carbocycles. The van der Waals surface area contributed by atoms with E-state index in [0.29, 0.717) is 19.2 Å². The Hall–Kier alpha value is -0.420. The van der Waals surface area contributed by atoms with Crippen LogP contribution in [0, 0.1) is 6.92 Å². The zero-order valence-electron chi connectivity index (χ0n) is 11.8. The first-order chi connectivity index (χ1) is 9.65. The predicted octanol–water partition coefficient (Wildman–Crippen LogP) is 2.87. The minimum Gasteiger partial charge on any atom is -0.491 e. The summed E-state index contributed by atoms with van der Waals surface area (Å²) < 4.78 is 5.59. The van der Waals surface area contributed by atoms with Gasteiger partial charge in [-0.25, -0.2) is 0 Å². The van der Waals surface area contributed by atoms with Gasteiger partial charge in [-0.1, -0.05) is 11.6 Å². The second-order valence-corrected chi connectivity index (χ2v) is 6.80. The molecule has 2 rings (SSSR count). The van der Waals surface area contributed by atoms with Crippen molar-refractivity contribution in [3.8, 4) is 5.75 Å². The molecular weight excluding hydrogens is 294 g/mol. The summed E-state index contributed by atoms with van der Waals surface area (Å²) in [6.45, 7) is 2.83. The molecule has 1 aromatic rings. The number of hydrogen-bond acceptors (Lipinski definition) is 4. The topological polar surface area (TPSA) is 41.5 Å². The molecule has 3 nitrogen and oxygen atoms in total. The van der Waals surface area contributed by atoms with Gasteiger partial charge in [0.2, 0.25) is 0 Å². The third-order valence-corrected chi connectivity index (χ3v) is 4.91. The van der Waals surface area contributed by atoms with Crippen molar-refractivity contribution in [3.63, 3.8) is 0 Å². The molecule has 20 heavy (non-hydrogen) atoms. The minimum absolute atomic E-state index is 0.301. The molecular formula is C15H22ClNO2S. The van der Waals surface area contributed by atoms with Crippen LogP contribution in [0.4, 0.5) is 0 Å². The van der Waals surface area contributed by atoms with E-state index in [2.05, 4.69) is 5.32 Å². The van der Waals surface area contributed by atoms with Gasteiger partial charge >= 0.3 is 0 Å². The molecule has 1 atom stereocenters. The number of aliphatic hydroxyl groups excluding tert-OH is 1. The van der Waals surface area contributed by atoms with Crippen LogP contribution in [0.1, 0.15) is 18.4 Å². The number of rotatable bonds is 6. The maximum absolute atomic E-state index is 9.95. The second-order valence-electron chi connectivity index (χ2n) is 5.17. The molecule has 0 aromatic heterocycles. The van der Waals surface area contributed by atoms with Crippen LogP contribution in [-0.4, -0.2) is 41.9 Å². The van der Waals surface area contributed by atoms with Crippen LogP contribution >= 0.6 is 23.4 Å². The van der Waals surface area contributed by atoms with Crippen molar-refractivity contribution in [2.24, 2.45) is 0 Å². The maximum atomic E-state index is 9.95. The fraction of sp³-hybridized carbons (Fsp3) is 0.600. The van der Waals surface area contributed by atoms with Gasteiger partial charge in [0.05, 0.1) is 0 Å². The summed E-state index contributed by atoms with van der Waals surface area (Å²) in [5.74, 6) is 3.18. The number of hydrogen-bond donors (Lipinski definition) is 2. The number of halogens is 1. The summed E-state index contributed by atoms with van der Waals surface area (Å²) in [6, 6.07) is 6.08. The highest BCUT2D eigenvalue weighted by Gasteiger charge is 2.14. The molecule has 0 saturated carbocycles. The number of ether oxygens (including phenoxy) is 1. The van der Waals surface area contributed by atoms with E-state index in [1.165, 1.54) is 24.3 Å². The monoisotopic (exact) mass is 315 g/mol. The normalized spacial score (nSPS) is 17.9. The molecule has 0 bridgehead atoms. The van der Waals surface area contributed by atoms with Crippen molar-refractivity contribution < 1.29 is 9.84 Å². The van der Waals surface area contributed by atoms with Crippen molar-refractivity contribution in [3.05, 3.63) is 28.8 Å². The smallest absolute Gasteiger partial charge is 0.119 e. The van der Waals surface area contributed by atoms with E-state index in [-0.39, 0.29) is 0 Å². The fourth-order valence-electron chi connectivity index (χ4n) is 2.16. The Morgan fingerprint density at radius 2 is 2.20 bits per heavy atom. The molecule has 112 valence electrons. The first-order valence-corrected chi connectivity index (χ1v) is 8.56. The number of aliphatic hydroxyl groups is 1. The van der Waals surface area contributed by atoms with E-state index in [0.717, 1.165) is 16.3 Å². The van der Waals surface area contributed by atoms with Crippen molar-refractivity contribution in [1.29, 1.82) is 0 Å². The van der Waals surface area contributed by atoms with Gasteiger partial charge in [0, 0.05) is 17.6 Å². The van der Waals surface area contributed by atoms with E-state index >= 15 is 0 Å². The SMILES string of the molecule is Cc1cc(OCC(O)CNC2CCSCC2)ccc1Cl. The van der Waals surface area contributed by atoms with Crippen LogP contribution in [0.15, 0.2) is 18.2 Å². The van der Waals surface area contributed by atoms with Crippen LogP contribution in [0.3, 0.4) is 0 Å². The highest BCUT2D eigenvalue weighted by molar-refractivity contribution is 7.99. The largest absolute Gasteiger partial charge is 0.491 e. The number of aryl methyl sites for hydroxylation is 1. The van der Waals surface area contributed by atoms with Crippen LogP contribution in [-0.2, 0) is 0 Å². The number of nitrogens with one attached hydrogen (secondary N) is 1. The zero-order chi connectivity index (χ0) is 14.4. The van der Waals surface area contributed by atoms with Gasteiger partial charge in [0.1, 0.15) is 18.5 Å². The third kappa shape index (κ3) is 5.17. The molecule has 1 aromatic carbocycles. The lowest BCUT2D eigenvalue weighted by atomic mass is 10.1. The molecule has 0 spiro atoms. The Bertz CT molecular complexity index is 424. The van der Waals surface area contributed by atoms with Crippen LogP contribution in [0.5, 0.6) is 5.75 Å². The zero-order valence-corrected chi connectivity index (χ0v) is 13.3. The Labute approximate surface area is 130 Å². The lowest BCUT2D eigenvalue weighted by Crippen LogP contribution is -2.39. The molecule has 1 aliphatic rings. The van der Waals surface area contributed by atoms with E-state index in [1.54, 1.807) is 0 Å². The Morgan fingerprint density at radius 1 is 1.45 bits per heavy atom. The summed E-state index contributed by atoms with van der Waals surface area (Å²) in [5, 5.41) is 14.1. The predicted molar refractivity (Wildman–Crippen MR) is 86.0 cm³/mol. The molecule has 1 saturated heterocycles. The van der Waals surface area contributed by atoms with Crippen molar-refractivity contribution in [1.82, 2.24) is 5.32 Å².